The van der Waals surface area contributed by atoms with E-state index in [1.807, 2.05) is 12.1 Å². The van der Waals surface area contributed by atoms with Crippen molar-refractivity contribution in [3.05, 3.63) is 47.5 Å². The largest absolute Gasteiger partial charge is 0.368 e. The summed E-state index contributed by atoms with van der Waals surface area (Å²) in [5, 5.41) is 2.65. The molecule has 0 fully saturated rings. The van der Waals surface area contributed by atoms with E-state index in [9.17, 15) is 9.59 Å². The molecule has 0 aliphatic heterocycles. The van der Waals surface area contributed by atoms with E-state index in [1.54, 1.807) is 19.1 Å². The van der Waals surface area contributed by atoms with Crippen LogP contribution in [0.5, 0.6) is 0 Å². The van der Waals surface area contributed by atoms with Crippen LogP contribution in [0.3, 0.4) is 0 Å². The molecule has 0 saturated carbocycles. The molecule has 0 saturated heterocycles. The first-order valence-corrected chi connectivity index (χ1v) is 6.96. The molecule has 1 aromatic carbocycles. The zero-order valence-corrected chi connectivity index (χ0v) is 13.2. The van der Waals surface area contributed by atoms with Crippen LogP contribution in [0.15, 0.2) is 36.4 Å². The van der Waals surface area contributed by atoms with E-state index in [1.165, 1.54) is 0 Å². The van der Waals surface area contributed by atoms with Crippen LogP contribution in [0.1, 0.15) is 50.0 Å². The number of benzene rings is 1. The van der Waals surface area contributed by atoms with Gasteiger partial charge in [0.25, 0.3) is 5.91 Å². The molecule has 0 unspecified atom stereocenters. The van der Waals surface area contributed by atoms with Crippen molar-refractivity contribution < 1.29 is 9.59 Å². The summed E-state index contributed by atoms with van der Waals surface area (Å²) in [7, 11) is 0. The standard InChI is InChI=1S/C17H24N2O2/c1-11(2)10-14(15(18)20)19-16(21)12-6-8-13(9-7-12)17(3,4)5/h6-9,14H,1,10H2,2-5H3,(H2,18,20)(H,19,21)/t14-/m0/s1. The van der Waals surface area contributed by atoms with Crippen molar-refractivity contribution in [1.29, 1.82) is 0 Å². The van der Waals surface area contributed by atoms with E-state index >= 15 is 0 Å². The van der Waals surface area contributed by atoms with Crippen molar-refractivity contribution in [1.82, 2.24) is 5.32 Å². The first-order chi connectivity index (χ1) is 9.61. The lowest BCUT2D eigenvalue weighted by Gasteiger charge is -2.19. The van der Waals surface area contributed by atoms with E-state index < -0.39 is 11.9 Å². The van der Waals surface area contributed by atoms with Crippen LogP contribution in [0.2, 0.25) is 0 Å². The van der Waals surface area contributed by atoms with Gasteiger partial charge in [-0.15, -0.1) is 6.58 Å². The first kappa shape index (κ1) is 17.0. The number of carbonyl (C=O) groups excluding carboxylic acids is 2. The Hall–Kier alpha value is -2.10. The number of hydrogen-bond donors (Lipinski definition) is 2. The molecule has 2 amide bonds. The van der Waals surface area contributed by atoms with Gasteiger partial charge in [-0.1, -0.05) is 38.5 Å². The highest BCUT2D eigenvalue weighted by Gasteiger charge is 2.19. The highest BCUT2D eigenvalue weighted by atomic mass is 16.2. The van der Waals surface area contributed by atoms with Crippen LogP contribution in [-0.4, -0.2) is 17.9 Å². The Morgan fingerprint density at radius 2 is 1.76 bits per heavy atom. The number of amides is 2. The fraction of sp³-hybridized carbons (Fsp3) is 0.412. The van der Waals surface area contributed by atoms with Crippen LogP contribution >= 0.6 is 0 Å². The van der Waals surface area contributed by atoms with E-state index in [0.717, 1.165) is 11.1 Å². The monoisotopic (exact) mass is 288 g/mol. The van der Waals surface area contributed by atoms with Crippen LogP contribution in [0.25, 0.3) is 0 Å². The lowest BCUT2D eigenvalue weighted by atomic mass is 9.86. The quantitative estimate of drug-likeness (QED) is 0.817. The van der Waals surface area contributed by atoms with Gasteiger partial charge < -0.3 is 11.1 Å². The Morgan fingerprint density at radius 1 is 1.24 bits per heavy atom. The van der Waals surface area contributed by atoms with Crippen LogP contribution in [0, 0.1) is 0 Å². The molecule has 0 radical (unpaired) electrons. The van der Waals surface area contributed by atoms with Gasteiger partial charge in [0.15, 0.2) is 0 Å². The van der Waals surface area contributed by atoms with E-state index in [4.69, 9.17) is 5.73 Å². The molecule has 0 aromatic heterocycles. The molecule has 1 aromatic rings. The molecule has 0 aliphatic carbocycles. The van der Waals surface area contributed by atoms with Crippen molar-refractivity contribution in [3.8, 4) is 0 Å². The maximum atomic E-state index is 12.2. The molecule has 114 valence electrons. The topological polar surface area (TPSA) is 72.2 Å². The zero-order chi connectivity index (χ0) is 16.2. The van der Waals surface area contributed by atoms with Gasteiger partial charge in [-0.25, -0.2) is 0 Å². The second-order valence-corrected chi connectivity index (χ2v) is 6.42. The number of nitrogens with one attached hydrogen (secondary N) is 1. The predicted octanol–water partition coefficient (Wildman–Crippen LogP) is 2.53. The van der Waals surface area contributed by atoms with Crippen molar-refractivity contribution in [2.75, 3.05) is 0 Å². The molecule has 1 rings (SSSR count). The molecule has 0 bridgehead atoms. The van der Waals surface area contributed by atoms with Gasteiger partial charge >= 0.3 is 0 Å². The van der Waals surface area contributed by atoms with Gasteiger partial charge in [-0.05, 0) is 36.5 Å². The summed E-state index contributed by atoms with van der Waals surface area (Å²) in [4.78, 5) is 23.5. The molecule has 1 atom stereocenters. The minimum Gasteiger partial charge on any atom is -0.368 e. The number of primary amides is 1. The fourth-order valence-electron chi connectivity index (χ4n) is 1.93. The Kier molecular flexibility index (Phi) is 5.30. The first-order valence-electron chi connectivity index (χ1n) is 6.96. The lowest BCUT2D eigenvalue weighted by Crippen LogP contribution is -2.44. The molecule has 0 heterocycles. The van der Waals surface area contributed by atoms with Gasteiger partial charge in [-0.2, -0.15) is 0 Å². The van der Waals surface area contributed by atoms with Gasteiger partial charge in [-0.3, -0.25) is 9.59 Å². The predicted molar refractivity (Wildman–Crippen MR) is 85.0 cm³/mol. The van der Waals surface area contributed by atoms with Crippen molar-refractivity contribution in [3.63, 3.8) is 0 Å². The highest BCUT2D eigenvalue weighted by molar-refractivity contribution is 5.97. The van der Waals surface area contributed by atoms with Crippen LogP contribution in [0.4, 0.5) is 0 Å². The van der Waals surface area contributed by atoms with Gasteiger partial charge in [0.1, 0.15) is 6.04 Å². The molecule has 3 N–H and O–H groups in total. The number of rotatable bonds is 5. The third-order valence-corrected chi connectivity index (χ3v) is 3.21. The zero-order valence-electron chi connectivity index (χ0n) is 13.2. The fourth-order valence-corrected chi connectivity index (χ4v) is 1.93. The average Bonchev–Trinajstić information content (AvgIpc) is 2.36. The Morgan fingerprint density at radius 3 is 2.14 bits per heavy atom. The Labute approximate surface area is 126 Å². The van der Waals surface area contributed by atoms with Crippen molar-refractivity contribution >= 4 is 11.8 Å². The van der Waals surface area contributed by atoms with E-state index in [0.29, 0.717) is 12.0 Å². The summed E-state index contributed by atoms with van der Waals surface area (Å²) in [6.07, 6.45) is 0.348. The Balaban J connectivity index is 2.83. The normalized spacial score (nSPS) is 12.6. The van der Waals surface area contributed by atoms with E-state index in [-0.39, 0.29) is 11.3 Å². The smallest absolute Gasteiger partial charge is 0.251 e. The minimum atomic E-state index is -0.725. The van der Waals surface area contributed by atoms with Crippen LogP contribution in [-0.2, 0) is 10.2 Å². The number of carbonyl (C=O) groups is 2. The second kappa shape index (κ2) is 6.57. The molecule has 0 spiro atoms. The maximum Gasteiger partial charge on any atom is 0.251 e. The summed E-state index contributed by atoms with van der Waals surface area (Å²) in [6.45, 7) is 11.9. The summed E-state index contributed by atoms with van der Waals surface area (Å²) in [5.74, 6) is -0.863. The van der Waals surface area contributed by atoms with E-state index in [2.05, 4.69) is 32.7 Å². The Bertz CT molecular complexity index is 539. The number of nitrogens with two attached hydrogens (primary N) is 1. The molecule has 0 aliphatic rings. The minimum absolute atomic E-state index is 0.0325. The molecule has 4 nitrogen and oxygen atoms in total. The van der Waals surface area contributed by atoms with Gasteiger partial charge in [0, 0.05) is 5.56 Å². The molecule has 4 heteroatoms. The third-order valence-electron chi connectivity index (χ3n) is 3.21. The lowest BCUT2D eigenvalue weighted by molar-refractivity contribution is -0.119. The highest BCUT2D eigenvalue weighted by Crippen LogP contribution is 2.22. The van der Waals surface area contributed by atoms with Gasteiger partial charge in [0.2, 0.25) is 5.91 Å². The van der Waals surface area contributed by atoms with Crippen LogP contribution < -0.4 is 11.1 Å². The summed E-state index contributed by atoms with van der Waals surface area (Å²) >= 11 is 0. The summed E-state index contributed by atoms with van der Waals surface area (Å²) in [5.41, 5.74) is 7.78. The SMILES string of the molecule is C=C(C)C[C@H](NC(=O)c1ccc(C(C)(C)C)cc1)C(N)=O. The van der Waals surface area contributed by atoms with Gasteiger partial charge in [0.05, 0.1) is 0 Å². The third kappa shape index (κ3) is 5.06. The molecular formula is C17H24N2O2. The summed E-state index contributed by atoms with van der Waals surface area (Å²) < 4.78 is 0. The number of hydrogen-bond acceptors (Lipinski definition) is 2. The van der Waals surface area contributed by atoms with Crippen molar-refractivity contribution in [2.24, 2.45) is 5.73 Å². The molecule has 21 heavy (non-hydrogen) atoms. The summed E-state index contributed by atoms with van der Waals surface area (Å²) in [6, 6.07) is 6.64. The molecular weight excluding hydrogens is 264 g/mol. The average molecular weight is 288 g/mol. The van der Waals surface area contributed by atoms with Crippen molar-refractivity contribution in [2.45, 2.75) is 45.6 Å². The maximum absolute atomic E-state index is 12.2. The second-order valence-electron chi connectivity index (χ2n) is 6.42.